The van der Waals surface area contributed by atoms with Crippen LogP contribution in [0.25, 0.3) is 22.2 Å². The largest absolute Gasteiger partial charge is 0.299 e. The highest BCUT2D eigenvalue weighted by Crippen LogP contribution is 2.31. The Balaban J connectivity index is 1.59. The lowest BCUT2D eigenvalue weighted by Gasteiger charge is -2.17. The van der Waals surface area contributed by atoms with Crippen molar-refractivity contribution in [3.05, 3.63) is 82.1 Å². The summed E-state index contributed by atoms with van der Waals surface area (Å²) in [4.78, 5) is 7.01. The van der Waals surface area contributed by atoms with Gasteiger partial charge in [-0.2, -0.15) is 0 Å². The van der Waals surface area contributed by atoms with E-state index in [1.807, 2.05) is 42.6 Å². The van der Waals surface area contributed by atoms with Crippen LogP contribution in [0.15, 0.2) is 60.8 Å². The summed E-state index contributed by atoms with van der Waals surface area (Å²) < 4.78 is 2.18. The van der Waals surface area contributed by atoms with E-state index < -0.39 is 0 Å². The van der Waals surface area contributed by atoms with Gasteiger partial charge in [-0.1, -0.05) is 35.3 Å². The van der Waals surface area contributed by atoms with Crippen LogP contribution in [0.1, 0.15) is 24.1 Å². The summed E-state index contributed by atoms with van der Waals surface area (Å²) >= 11 is 12.3. The molecule has 0 radical (unpaired) electrons. The van der Waals surface area contributed by atoms with E-state index in [4.69, 9.17) is 23.2 Å². The number of fused-ring (bicyclic) bond motifs is 1. The van der Waals surface area contributed by atoms with Crippen LogP contribution < -0.4 is 5.43 Å². The second-order valence-electron chi connectivity index (χ2n) is 8.10. The SMILES string of the molecule is Cc1c(CN2CCCC2)cc(-c2ccc(Cl)cc2)n1Nc1ccnc2cc(Cl)ccc12. The predicted octanol–water partition coefficient (Wildman–Crippen LogP) is 6.79. The first-order valence-electron chi connectivity index (χ1n) is 10.6. The summed E-state index contributed by atoms with van der Waals surface area (Å²) in [7, 11) is 0. The summed E-state index contributed by atoms with van der Waals surface area (Å²) in [6.45, 7) is 5.49. The van der Waals surface area contributed by atoms with Gasteiger partial charge < -0.3 is 0 Å². The number of hydrogen-bond donors (Lipinski definition) is 1. The minimum atomic E-state index is 0.684. The smallest absolute Gasteiger partial charge is 0.0738 e. The van der Waals surface area contributed by atoms with Gasteiger partial charge >= 0.3 is 0 Å². The van der Waals surface area contributed by atoms with Gasteiger partial charge in [0.1, 0.15) is 0 Å². The molecule has 1 fully saturated rings. The average Bonchev–Trinajstić information content (AvgIpc) is 3.38. The maximum atomic E-state index is 6.18. The van der Waals surface area contributed by atoms with E-state index in [-0.39, 0.29) is 0 Å². The molecule has 2 aromatic carbocycles. The zero-order valence-corrected chi connectivity index (χ0v) is 18.9. The van der Waals surface area contributed by atoms with Gasteiger partial charge in [-0.3, -0.25) is 20.0 Å². The zero-order chi connectivity index (χ0) is 21.4. The molecular weight excluding hydrogens is 427 g/mol. The van der Waals surface area contributed by atoms with Gasteiger partial charge in [-0.05, 0) is 80.9 Å². The summed E-state index contributed by atoms with van der Waals surface area (Å²) in [6, 6.07) is 18.1. The van der Waals surface area contributed by atoms with Crippen LogP contribution in [0, 0.1) is 6.92 Å². The molecule has 6 heteroatoms. The molecule has 158 valence electrons. The van der Waals surface area contributed by atoms with Crippen molar-refractivity contribution in [3.63, 3.8) is 0 Å². The molecule has 3 heterocycles. The molecule has 1 aliphatic rings. The number of aromatic nitrogens is 2. The molecule has 5 rings (SSSR count). The minimum absolute atomic E-state index is 0.684. The van der Waals surface area contributed by atoms with E-state index in [0.717, 1.165) is 39.4 Å². The van der Waals surface area contributed by atoms with Crippen molar-refractivity contribution in [1.29, 1.82) is 0 Å². The summed E-state index contributed by atoms with van der Waals surface area (Å²) in [5.74, 6) is 0. The maximum absolute atomic E-state index is 6.18. The first-order chi connectivity index (χ1) is 15.1. The number of nitrogens with one attached hydrogen (secondary N) is 1. The van der Waals surface area contributed by atoms with Crippen LogP contribution in [-0.2, 0) is 6.54 Å². The molecule has 31 heavy (non-hydrogen) atoms. The molecule has 0 unspecified atom stereocenters. The lowest BCUT2D eigenvalue weighted by atomic mass is 10.1. The topological polar surface area (TPSA) is 33.1 Å². The number of benzene rings is 2. The highest BCUT2D eigenvalue weighted by atomic mass is 35.5. The third-order valence-corrected chi connectivity index (χ3v) is 6.51. The van der Waals surface area contributed by atoms with Gasteiger partial charge in [0.2, 0.25) is 0 Å². The maximum Gasteiger partial charge on any atom is 0.0738 e. The van der Waals surface area contributed by atoms with Crippen LogP contribution in [-0.4, -0.2) is 27.6 Å². The Morgan fingerprint density at radius 2 is 1.68 bits per heavy atom. The van der Waals surface area contributed by atoms with Crippen molar-refractivity contribution < 1.29 is 0 Å². The zero-order valence-electron chi connectivity index (χ0n) is 17.4. The Kier molecular flexibility index (Phi) is 5.61. The number of nitrogens with zero attached hydrogens (tertiary/aromatic N) is 3. The van der Waals surface area contributed by atoms with Gasteiger partial charge in [0.25, 0.3) is 0 Å². The van der Waals surface area contributed by atoms with Crippen molar-refractivity contribution in [1.82, 2.24) is 14.6 Å². The van der Waals surface area contributed by atoms with E-state index in [1.54, 1.807) is 0 Å². The van der Waals surface area contributed by atoms with Gasteiger partial charge in [0, 0.05) is 39.4 Å². The molecule has 0 atom stereocenters. The summed E-state index contributed by atoms with van der Waals surface area (Å²) in [5, 5.41) is 2.45. The number of halogens is 2. The van der Waals surface area contributed by atoms with Crippen LogP contribution in [0.2, 0.25) is 10.0 Å². The van der Waals surface area contributed by atoms with Gasteiger partial charge in [-0.15, -0.1) is 0 Å². The number of likely N-dealkylation sites (tertiary alicyclic amines) is 1. The molecule has 0 bridgehead atoms. The third kappa shape index (κ3) is 4.16. The second-order valence-corrected chi connectivity index (χ2v) is 8.97. The molecule has 1 N–H and O–H groups in total. The normalized spacial score (nSPS) is 14.4. The average molecular weight is 451 g/mol. The fraction of sp³-hybridized carbons (Fsp3) is 0.240. The van der Waals surface area contributed by atoms with E-state index in [0.29, 0.717) is 5.02 Å². The third-order valence-electron chi connectivity index (χ3n) is 6.02. The molecule has 2 aromatic heterocycles. The molecule has 1 saturated heterocycles. The molecular formula is C25H24Cl2N4. The molecule has 4 aromatic rings. The quantitative estimate of drug-likeness (QED) is 0.363. The summed E-state index contributed by atoms with van der Waals surface area (Å²) in [5.41, 5.74) is 10.3. The first-order valence-corrected chi connectivity index (χ1v) is 11.3. The Labute approximate surface area is 192 Å². The van der Waals surface area contributed by atoms with Crippen molar-refractivity contribution in [2.75, 3.05) is 18.5 Å². The van der Waals surface area contributed by atoms with Crippen LogP contribution in [0.3, 0.4) is 0 Å². The number of hydrogen-bond acceptors (Lipinski definition) is 3. The van der Waals surface area contributed by atoms with Gasteiger partial charge in [0.05, 0.1) is 16.9 Å². The highest BCUT2D eigenvalue weighted by molar-refractivity contribution is 6.31. The van der Waals surface area contributed by atoms with Crippen LogP contribution in [0.5, 0.6) is 0 Å². The Hall–Kier alpha value is -2.53. The van der Waals surface area contributed by atoms with Crippen molar-refractivity contribution in [3.8, 4) is 11.3 Å². The molecule has 1 aliphatic heterocycles. The Bertz CT molecular complexity index is 1220. The van der Waals surface area contributed by atoms with Gasteiger partial charge in [0.15, 0.2) is 0 Å². The lowest BCUT2D eigenvalue weighted by Crippen LogP contribution is -2.19. The monoisotopic (exact) mass is 450 g/mol. The Morgan fingerprint density at radius 3 is 2.45 bits per heavy atom. The van der Waals surface area contributed by atoms with E-state index in [1.165, 1.54) is 37.2 Å². The van der Waals surface area contributed by atoms with Crippen molar-refractivity contribution in [2.45, 2.75) is 26.3 Å². The van der Waals surface area contributed by atoms with Crippen LogP contribution in [0.4, 0.5) is 5.69 Å². The molecule has 0 saturated carbocycles. The highest BCUT2D eigenvalue weighted by Gasteiger charge is 2.19. The fourth-order valence-electron chi connectivity index (χ4n) is 4.32. The lowest BCUT2D eigenvalue weighted by molar-refractivity contribution is 0.330. The summed E-state index contributed by atoms with van der Waals surface area (Å²) in [6.07, 6.45) is 4.38. The number of pyridine rings is 1. The second kappa shape index (κ2) is 8.54. The van der Waals surface area contributed by atoms with Crippen molar-refractivity contribution in [2.24, 2.45) is 0 Å². The molecule has 0 aliphatic carbocycles. The van der Waals surface area contributed by atoms with E-state index in [9.17, 15) is 0 Å². The number of anilines is 1. The Morgan fingerprint density at radius 1 is 0.935 bits per heavy atom. The van der Waals surface area contributed by atoms with Crippen LogP contribution >= 0.6 is 23.2 Å². The van der Waals surface area contributed by atoms with Gasteiger partial charge in [-0.25, -0.2) is 0 Å². The standard InChI is InChI=1S/C25H24Cl2N4/c1-17-19(16-30-12-2-3-13-30)14-25(18-4-6-20(26)7-5-18)31(17)29-23-10-11-28-24-15-21(27)8-9-22(23)24/h4-11,14-15H,2-3,12-13,16H2,1H3,(H,28,29). The molecule has 0 amide bonds. The first kappa shape index (κ1) is 20.4. The number of rotatable bonds is 5. The molecule has 0 spiro atoms. The van der Waals surface area contributed by atoms with E-state index in [2.05, 4.69) is 45.1 Å². The van der Waals surface area contributed by atoms with E-state index >= 15 is 0 Å². The van der Waals surface area contributed by atoms with Crippen molar-refractivity contribution >= 4 is 39.8 Å². The minimum Gasteiger partial charge on any atom is -0.299 e. The predicted molar refractivity (Wildman–Crippen MR) is 130 cm³/mol. The molecule has 4 nitrogen and oxygen atoms in total. The fourth-order valence-corrected chi connectivity index (χ4v) is 4.61.